The standard InChI is InChI=1S/C10H13BrFNO3S/c1-7(2)6-16-13-17(14,15)10-4-3-8(12)5-9(10)11/h3-5,7,13H,6H2,1-2H3. The van der Waals surface area contributed by atoms with E-state index < -0.39 is 15.8 Å². The van der Waals surface area contributed by atoms with E-state index in [1.807, 2.05) is 18.7 Å². The lowest BCUT2D eigenvalue weighted by Crippen LogP contribution is -2.26. The van der Waals surface area contributed by atoms with Gasteiger partial charge in [0.2, 0.25) is 0 Å². The molecule has 0 aliphatic carbocycles. The van der Waals surface area contributed by atoms with E-state index in [2.05, 4.69) is 15.9 Å². The molecule has 1 rings (SSSR count). The van der Waals surface area contributed by atoms with Crippen LogP contribution in [0.5, 0.6) is 0 Å². The number of halogens is 2. The number of nitrogens with one attached hydrogen (secondary N) is 1. The van der Waals surface area contributed by atoms with Crippen molar-refractivity contribution in [3.05, 3.63) is 28.5 Å². The third kappa shape index (κ3) is 4.34. The van der Waals surface area contributed by atoms with Crippen molar-refractivity contribution >= 4 is 26.0 Å². The SMILES string of the molecule is CC(C)CONS(=O)(=O)c1ccc(F)cc1Br. The summed E-state index contributed by atoms with van der Waals surface area (Å²) in [5.74, 6) is -0.312. The van der Waals surface area contributed by atoms with E-state index in [0.717, 1.165) is 12.1 Å². The lowest BCUT2D eigenvalue weighted by Gasteiger charge is -2.10. The molecule has 0 spiro atoms. The van der Waals surface area contributed by atoms with Gasteiger partial charge in [-0.3, -0.25) is 4.84 Å². The molecular formula is C10H13BrFNO3S. The molecule has 0 bridgehead atoms. The molecule has 0 saturated carbocycles. The van der Waals surface area contributed by atoms with E-state index in [1.165, 1.54) is 6.07 Å². The van der Waals surface area contributed by atoms with Gasteiger partial charge in [0.15, 0.2) is 0 Å². The molecule has 0 aromatic heterocycles. The smallest absolute Gasteiger partial charge is 0.263 e. The van der Waals surface area contributed by atoms with Gasteiger partial charge in [-0.15, -0.1) is 0 Å². The summed E-state index contributed by atoms with van der Waals surface area (Å²) >= 11 is 2.99. The molecule has 1 N–H and O–H groups in total. The summed E-state index contributed by atoms with van der Waals surface area (Å²) in [7, 11) is -3.79. The molecule has 1 aromatic rings. The lowest BCUT2D eigenvalue weighted by atomic mass is 10.2. The molecule has 17 heavy (non-hydrogen) atoms. The highest BCUT2D eigenvalue weighted by molar-refractivity contribution is 9.10. The second kappa shape index (κ2) is 5.90. The van der Waals surface area contributed by atoms with Crippen LogP contribution in [-0.4, -0.2) is 15.0 Å². The van der Waals surface area contributed by atoms with Crippen molar-refractivity contribution in [3.8, 4) is 0 Å². The predicted molar refractivity (Wildman–Crippen MR) is 65.2 cm³/mol. The predicted octanol–water partition coefficient (Wildman–Crippen LogP) is 2.45. The Hall–Kier alpha value is -0.500. The van der Waals surface area contributed by atoms with Gasteiger partial charge in [0, 0.05) is 4.47 Å². The van der Waals surface area contributed by atoms with E-state index in [1.54, 1.807) is 0 Å². The van der Waals surface area contributed by atoms with Crippen LogP contribution in [0.4, 0.5) is 4.39 Å². The summed E-state index contributed by atoms with van der Waals surface area (Å²) in [6.45, 7) is 4.04. The van der Waals surface area contributed by atoms with E-state index in [4.69, 9.17) is 4.84 Å². The van der Waals surface area contributed by atoms with Crippen molar-refractivity contribution in [3.63, 3.8) is 0 Å². The van der Waals surface area contributed by atoms with Crippen LogP contribution in [0.15, 0.2) is 27.6 Å². The zero-order valence-corrected chi connectivity index (χ0v) is 11.8. The Balaban J connectivity index is 2.83. The van der Waals surface area contributed by atoms with Crippen LogP contribution in [0.2, 0.25) is 0 Å². The fourth-order valence-electron chi connectivity index (χ4n) is 1.02. The maximum absolute atomic E-state index is 12.8. The number of benzene rings is 1. The van der Waals surface area contributed by atoms with E-state index >= 15 is 0 Å². The first-order chi connectivity index (χ1) is 7.83. The maximum atomic E-state index is 12.8. The molecule has 4 nitrogen and oxygen atoms in total. The van der Waals surface area contributed by atoms with Crippen molar-refractivity contribution in [2.75, 3.05) is 6.61 Å². The fourth-order valence-corrected chi connectivity index (χ4v) is 2.88. The maximum Gasteiger partial charge on any atom is 0.263 e. The van der Waals surface area contributed by atoms with E-state index in [9.17, 15) is 12.8 Å². The van der Waals surface area contributed by atoms with Crippen LogP contribution in [0.1, 0.15) is 13.8 Å². The van der Waals surface area contributed by atoms with Gasteiger partial charge >= 0.3 is 0 Å². The van der Waals surface area contributed by atoms with Crippen LogP contribution in [-0.2, 0) is 14.9 Å². The van der Waals surface area contributed by atoms with Gasteiger partial charge < -0.3 is 0 Å². The van der Waals surface area contributed by atoms with Crippen molar-refractivity contribution in [2.45, 2.75) is 18.7 Å². The second-order valence-electron chi connectivity index (χ2n) is 3.87. The number of sulfonamides is 1. The molecule has 0 radical (unpaired) electrons. The topological polar surface area (TPSA) is 55.4 Å². The number of hydrogen-bond donors (Lipinski definition) is 1. The molecule has 0 fully saturated rings. The van der Waals surface area contributed by atoms with Crippen LogP contribution in [0, 0.1) is 11.7 Å². The van der Waals surface area contributed by atoms with Gasteiger partial charge in [-0.25, -0.2) is 12.8 Å². The van der Waals surface area contributed by atoms with Crippen molar-refractivity contribution in [2.24, 2.45) is 5.92 Å². The van der Waals surface area contributed by atoms with Gasteiger partial charge in [-0.05, 0) is 40.0 Å². The number of hydrogen-bond acceptors (Lipinski definition) is 3. The minimum atomic E-state index is -3.79. The molecule has 96 valence electrons. The minimum Gasteiger partial charge on any atom is -0.287 e. The summed E-state index contributed by atoms with van der Waals surface area (Å²) in [4.78, 5) is 6.77. The van der Waals surface area contributed by atoms with Crippen LogP contribution in [0.3, 0.4) is 0 Å². The fraction of sp³-hybridized carbons (Fsp3) is 0.400. The quantitative estimate of drug-likeness (QED) is 0.846. The largest absolute Gasteiger partial charge is 0.287 e. The second-order valence-corrected chi connectivity index (χ2v) is 6.33. The first kappa shape index (κ1) is 14.6. The average molecular weight is 326 g/mol. The molecule has 0 amide bonds. The van der Waals surface area contributed by atoms with Crippen molar-refractivity contribution in [1.82, 2.24) is 4.89 Å². The highest BCUT2D eigenvalue weighted by atomic mass is 79.9. The minimum absolute atomic E-state index is 0.0670. The Kier molecular flexibility index (Phi) is 5.05. The third-order valence-corrected chi connectivity index (χ3v) is 3.96. The van der Waals surface area contributed by atoms with Crippen LogP contribution in [0.25, 0.3) is 0 Å². The van der Waals surface area contributed by atoms with Gasteiger partial charge in [0.25, 0.3) is 10.0 Å². The monoisotopic (exact) mass is 325 g/mol. The number of rotatable bonds is 5. The third-order valence-electron chi connectivity index (χ3n) is 1.77. The Bertz CT molecular complexity index is 490. The molecule has 0 heterocycles. The molecule has 7 heteroatoms. The van der Waals surface area contributed by atoms with Gasteiger partial charge in [-0.1, -0.05) is 18.7 Å². The Morgan fingerprint density at radius 2 is 2.12 bits per heavy atom. The van der Waals surface area contributed by atoms with E-state index in [-0.39, 0.29) is 21.9 Å². The summed E-state index contributed by atoms with van der Waals surface area (Å²) in [5, 5.41) is 0. The highest BCUT2D eigenvalue weighted by Gasteiger charge is 2.18. The summed E-state index contributed by atoms with van der Waals surface area (Å²) in [6.07, 6.45) is 0. The molecule has 1 aromatic carbocycles. The first-order valence-corrected chi connectivity index (χ1v) is 7.19. The van der Waals surface area contributed by atoms with Crippen LogP contribution >= 0.6 is 15.9 Å². The lowest BCUT2D eigenvalue weighted by molar-refractivity contribution is 0.0718. The summed E-state index contributed by atoms with van der Waals surface area (Å²) in [6, 6.07) is 3.32. The van der Waals surface area contributed by atoms with E-state index in [0.29, 0.717) is 0 Å². The van der Waals surface area contributed by atoms with Crippen LogP contribution < -0.4 is 4.89 Å². The Morgan fingerprint density at radius 1 is 1.47 bits per heavy atom. The average Bonchev–Trinajstić information content (AvgIpc) is 2.15. The molecular weight excluding hydrogens is 313 g/mol. The summed E-state index contributed by atoms with van der Waals surface area (Å²) in [5.41, 5.74) is 0. The molecule has 0 aliphatic heterocycles. The Morgan fingerprint density at radius 3 is 2.65 bits per heavy atom. The van der Waals surface area contributed by atoms with Crippen molar-refractivity contribution in [1.29, 1.82) is 0 Å². The molecule has 0 aliphatic rings. The molecule has 0 unspecified atom stereocenters. The first-order valence-electron chi connectivity index (χ1n) is 4.91. The highest BCUT2D eigenvalue weighted by Crippen LogP contribution is 2.22. The van der Waals surface area contributed by atoms with Gasteiger partial charge in [-0.2, -0.15) is 0 Å². The van der Waals surface area contributed by atoms with Gasteiger partial charge in [0.1, 0.15) is 5.82 Å². The molecule has 0 saturated heterocycles. The zero-order chi connectivity index (χ0) is 13.1. The Labute approximate surface area is 108 Å². The summed E-state index contributed by atoms with van der Waals surface area (Å²) < 4.78 is 36.5. The normalized spacial score (nSPS) is 12.1. The zero-order valence-electron chi connectivity index (χ0n) is 9.41. The van der Waals surface area contributed by atoms with Gasteiger partial charge in [0.05, 0.1) is 11.5 Å². The molecule has 0 atom stereocenters. The van der Waals surface area contributed by atoms with Crippen molar-refractivity contribution < 1.29 is 17.6 Å².